The van der Waals surface area contributed by atoms with Gasteiger partial charge in [-0.1, -0.05) is 6.07 Å². The number of nitrogens with one attached hydrogen (secondary N) is 2. The second-order valence-electron chi connectivity index (χ2n) is 7.94. The van der Waals surface area contributed by atoms with E-state index in [0.717, 1.165) is 5.69 Å². The van der Waals surface area contributed by atoms with Gasteiger partial charge in [0.1, 0.15) is 17.3 Å². The third-order valence-corrected chi connectivity index (χ3v) is 5.32. The van der Waals surface area contributed by atoms with Crippen LogP contribution in [0.2, 0.25) is 0 Å². The maximum absolute atomic E-state index is 13.8. The number of halogens is 1. The van der Waals surface area contributed by atoms with Crippen molar-refractivity contribution in [1.82, 2.24) is 9.97 Å². The quantitative estimate of drug-likeness (QED) is 0.287. The molecule has 3 aromatic carbocycles. The Labute approximate surface area is 201 Å². The summed E-state index contributed by atoms with van der Waals surface area (Å²) in [7, 11) is 0. The number of rotatable bonds is 6. The Morgan fingerprint density at radius 2 is 1.66 bits per heavy atom. The van der Waals surface area contributed by atoms with E-state index < -0.39 is 0 Å². The summed E-state index contributed by atoms with van der Waals surface area (Å²) in [6, 6.07) is 24.1. The monoisotopic (exact) mass is 464 g/mol. The predicted octanol–water partition coefficient (Wildman–Crippen LogP) is 6.87. The topological polar surface area (TPSA) is 76.1 Å². The average molecular weight is 465 g/mol. The molecule has 0 fully saturated rings. The number of hydrogen-bond donors (Lipinski definition) is 2. The molecule has 0 saturated heterocycles. The normalized spacial score (nSPS) is 10.7. The largest absolute Gasteiger partial charge is 0.457 e. The molecule has 0 aliphatic heterocycles. The molecule has 0 bridgehead atoms. The lowest BCUT2D eigenvalue weighted by molar-refractivity contribution is 0.102. The first kappa shape index (κ1) is 22.0. The Bertz CT molecular complexity index is 1520. The number of nitrogens with zero attached hydrogens (tertiary/aromatic N) is 2. The van der Waals surface area contributed by atoms with Crippen molar-refractivity contribution >= 4 is 33.9 Å². The molecule has 5 aromatic rings. The number of fused-ring (bicyclic) bond motifs is 1. The van der Waals surface area contributed by atoms with Crippen LogP contribution in [0.5, 0.6) is 11.5 Å². The van der Waals surface area contributed by atoms with Gasteiger partial charge >= 0.3 is 0 Å². The Hall–Kier alpha value is -4.78. The van der Waals surface area contributed by atoms with Crippen molar-refractivity contribution in [2.45, 2.75) is 6.92 Å². The van der Waals surface area contributed by atoms with Crippen LogP contribution in [-0.2, 0) is 0 Å². The predicted molar refractivity (Wildman–Crippen MR) is 135 cm³/mol. The standard InChI is InChI=1S/C28H21FN4O2/c1-18-15-24(11-13-30-18)35-23-8-6-21(7-9-23)33-28(34)19-3-2-4-22(16-19)32-27-12-14-31-26-10-5-20(29)17-25(26)27/h2-17H,1H3,(H,31,32)(H,33,34). The molecule has 2 heterocycles. The highest BCUT2D eigenvalue weighted by molar-refractivity contribution is 6.05. The van der Waals surface area contributed by atoms with Gasteiger partial charge in [0, 0.05) is 52.2 Å². The van der Waals surface area contributed by atoms with Crippen LogP contribution in [0.4, 0.5) is 21.5 Å². The fraction of sp³-hybridized carbons (Fsp3) is 0.0357. The first-order valence-electron chi connectivity index (χ1n) is 11.0. The van der Waals surface area contributed by atoms with Crippen molar-refractivity contribution in [3.63, 3.8) is 0 Å². The molecule has 0 saturated carbocycles. The Balaban J connectivity index is 1.28. The number of benzene rings is 3. The van der Waals surface area contributed by atoms with Crippen molar-refractivity contribution in [2.75, 3.05) is 10.6 Å². The maximum atomic E-state index is 13.8. The molecule has 172 valence electrons. The molecular formula is C28H21FN4O2. The smallest absolute Gasteiger partial charge is 0.255 e. The molecule has 2 aromatic heterocycles. The van der Waals surface area contributed by atoms with Gasteiger partial charge in [-0.15, -0.1) is 0 Å². The zero-order valence-corrected chi connectivity index (χ0v) is 18.8. The fourth-order valence-electron chi connectivity index (χ4n) is 3.65. The Morgan fingerprint density at radius 3 is 2.49 bits per heavy atom. The highest BCUT2D eigenvalue weighted by Gasteiger charge is 2.09. The molecule has 5 rings (SSSR count). The van der Waals surface area contributed by atoms with Crippen molar-refractivity contribution in [1.29, 1.82) is 0 Å². The van der Waals surface area contributed by atoms with Gasteiger partial charge in [0.25, 0.3) is 5.91 Å². The van der Waals surface area contributed by atoms with Crippen LogP contribution in [0.1, 0.15) is 16.1 Å². The number of amides is 1. The Morgan fingerprint density at radius 1 is 0.829 bits per heavy atom. The van der Waals surface area contributed by atoms with E-state index in [1.165, 1.54) is 12.1 Å². The highest BCUT2D eigenvalue weighted by atomic mass is 19.1. The molecule has 0 unspecified atom stereocenters. The van der Waals surface area contributed by atoms with Crippen LogP contribution in [-0.4, -0.2) is 15.9 Å². The van der Waals surface area contributed by atoms with Gasteiger partial charge in [-0.05, 0) is 79.7 Å². The number of aryl methyl sites for hydroxylation is 1. The molecule has 0 radical (unpaired) electrons. The molecule has 6 nitrogen and oxygen atoms in total. The number of pyridine rings is 2. The maximum Gasteiger partial charge on any atom is 0.255 e. The Kier molecular flexibility index (Phi) is 6.05. The molecule has 0 spiro atoms. The third kappa shape index (κ3) is 5.25. The average Bonchev–Trinajstić information content (AvgIpc) is 2.86. The second kappa shape index (κ2) is 9.61. The molecule has 35 heavy (non-hydrogen) atoms. The van der Waals surface area contributed by atoms with Crippen molar-refractivity contribution in [3.8, 4) is 11.5 Å². The summed E-state index contributed by atoms with van der Waals surface area (Å²) in [5.41, 5.74) is 4.07. The molecule has 7 heteroatoms. The summed E-state index contributed by atoms with van der Waals surface area (Å²) in [6.07, 6.45) is 3.35. The van der Waals surface area contributed by atoms with Gasteiger partial charge < -0.3 is 15.4 Å². The third-order valence-electron chi connectivity index (χ3n) is 5.32. The van der Waals surface area contributed by atoms with E-state index in [9.17, 15) is 9.18 Å². The van der Waals surface area contributed by atoms with Crippen molar-refractivity contribution in [3.05, 3.63) is 114 Å². The summed E-state index contributed by atoms with van der Waals surface area (Å²) in [5, 5.41) is 6.81. The summed E-state index contributed by atoms with van der Waals surface area (Å²) >= 11 is 0. The van der Waals surface area contributed by atoms with Gasteiger partial charge in [0.2, 0.25) is 0 Å². The van der Waals surface area contributed by atoms with Crippen LogP contribution in [0.3, 0.4) is 0 Å². The van der Waals surface area contributed by atoms with Crippen LogP contribution >= 0.6 is 0 Å². The molecule has 0 atom stereocenters. The first-order valence-corrected chi connectivity index (χ1v) is 11.0. The summed E-state index contributed by atoms with van der Waals surface area (Å²) in [5.74, 6) is 0.760. The van der Waals surface area contributed by atoms with E-state index in [1.54, 1.807) is 73.1 Å². The van der Waals surface area contributed by atoms with Crippen LogP contribution in [0, 0.1) is 12.7 Å². The van der Waals surface area contributed by atoms with Crippen molar-refractivity contribution < 1.29 is 13.9 Å². The minimum atomic E-state index is -0.339. The second-order valence-corrected chi connectivity index (χ2v) is 7.94. The zero-order chi connectivity index (χ0) is 24.2. The summed E-state index contributed by atoms with van der Waals surface area (Å²) < 4.78 is 19.6. The van der Waals surface area contributed by atoms with Gasteiger partial charge in [0.05, 0.1) is 5.52 Å². The van der Waals surface area contributed by atoms with Crippen LogP contribution < -0.4 is 15.4 Å². The van der Waals surface area contributed by atoms with Crippen molar-refractivity contribution in [2.24, 2.45) is 0 Å². The summed E-state index contributed by atoms with van der Waals surface area (Å²) in [4.78, 5) is 21.3. The van der Waals surface area contributed by atoms with Crippen LogP contribution in [0.15, 0.2) is 97.3 Å². The minimum absolute atomic E-state index is 0.252. The molecule has 0 aliphatic rings. The highest BCUT2D eigenvalue weighted by Crippen LogP contribution is 2.27. The van der Waals surface area contributed by atoms with Crippen LogP contribution in [0.25, 0.3) is 10.9 Å². The van der Waals surface area contributed by atoms with Gasteiger partial charge in [0.15, 0.2) is 0 Å². The molecule has 0 aliphatic carbocycles. The lowest BCUT2D eigenvalue weighted by atomic mass is 10.1. The number of carbonyl (C=O) groups excluding carboxylic acids is 1. The van der Waals surface area contributed by atoms with E-state index in [2.05, 4.69) is 20.6 Å². The van der Waals surface area contributed by atoms with E-state index >= 15 is 0 Å². The van der Waals surface area contributed by atoms with E-state index in [4.69, 9.17) is 4.74 Å². The van der Waals surface area contributed by atoms with Gasteiger partial charge in [-0.3, -0.25) is 14.8 Å². The number of ether oxygens (including phenoxy) is 1. The first-order chi connectivity index (χ1) is 17.0. The zero-order valence-electron chi connectivity index (χ0n) is 18.8. The van der Waals surface area contributed by atoms with Gasteiger partial charge in [-0.2, -0.15) is 0 Å². The lowest BCUT2D eigenvalue weighted by Crippen LogP contribution is -2.12. The molecule has 1 amide bonds. The fourth-order valence-corrected chi connectivity index (χ4v) is 3.65. The lowest BCUT2D eigenvalue weighted by Gasteiger charge is -2.12. The van der Waals surface area contributed by atoms with E-state index in [0.29, 0.717) is 45.0 Å². The number of anilines is 3. The molecule has 2 N–H and O–H groups in total. The number of aromatic nitrogens is 2. The number of carbonyl (C=O) groups is 1. The van der Waals surface area contributed by atoms with E-state index in [-0.39, 0.29) is 11.7 Å². The summed E-state index contributed by atoms with van der Waals surface area (Å²) in [6.45, 7) is 1.90. The minimum Gasteiger partial charge on any atom is -0.457 e. The molecular weight excluding hydrogens is 443 g/mol. The van der Waals surface area contributed by atoms with Gasteiger partial charge in [-0.25, -0.2) is 4.39 Å². The van der Waals surface area contributed by atoms with E-state index in [1.807, 2.05) is 19.1 Å². The SMILES string of the molecule is Cc1cc(Oc2ccc(NC(=O)c3cccc(Nc4ccnc5ccc(F)cc45)c3)cc2)ccn1. The number of hydrogen-bond acceptors (Lipinski definition) is 5.